The average Bonchev–Trinajstić information content (AvgIpc) is 2.65. The third kappa shape index (κ3) is 3.84. The maximum absolute atomic E-state index is 14.3. The fourth-order valence-electron chi connectivity index (χ4n) is 4.07. The predicted octanol–water partition coefficient (Wildman–Crippen LogP) is 7.35. The molecule has 0 radical (unpaired) electrons. The number of hydrogen-bond acceptors (Lipinski definition) is 0. The Morgan fingerprint density at radius 2 is 1.64 bits per heavy atom. The predicted molar refractivity (Wildman–Crippen MR) is 101 cm³/mol. The summed E-state index contributed by atoms with van der Waals surface area (Å²) in [6.45, 7) is 5.77. The molecule has 0 amide bonds. The Hall–Kier alpha value is -1.96. The third-order valence-corrected chi connectivity index (χ3v) is 5.57. The molecule has 25 heavy (non-hydrogen) atoms. The van der Waals surface area contributed by atoms with Crippen molar-refractivity contribution in [3.8, 4) is 11.1 Å². The molecule has 2 aromatic rings. The first-order chi connectivity index (χ1) is 12.1. The maximum Gasteiger partial charge on any atom is 0.167 e. The monoisotopic (exact) mass is 340 g/mol. The van der Waals surface area contributed by atoms with Crippen molar-refractivity contribution >= 4 is 6.08 Å². The summed E-state index contributed by atoms with van der Waals surface area (Å²) < 4.78 is 28.3. The zero-order valence-corrected chi connectivity index (χ0v) is 14.9. The molecule has 2 heteroatoms. The van der Waals surface area contributed by atoms with Gasteiger partial charge in [0.15, 0.2) is 11.6 Å². The van der Waals surface area contributed by atoms with Crippen molar-refractivity contribution in [3.05, 3.63) is 65.7 Å². The van der Waals surface area contributed by atoms with Crippen molar-refractivity contribution in [1.82, 2.24) is 0 Å². The van der Waals surface area contributed by atoms with E-state index in [1.54, 1.807) is 12.1 Å². The van der Waals surface area contributed by atoms with Crippen LogP contribution in [0.25, 0.3) is 17.2 Å². The van der Waals surface area contributed by atoms with Crippen molar-refractivity contribution in [2.45, 2.75) is 51.4 Å². The second-order valence-electron chi connectivity index (χ2n) is 7.16. The van der Waals surface area contributed by atoms with Gasteiger partial charge in [-0.3, -0.25) is 0 Å². The first kappa shape index (κ1) is 17.8. The molecule has 0 aliphatic heterocycles. The van der Waals surface area contributed by atoms with Crippen LogP contribution in [0.5, 0.6) is 0 Å². The lowest BCUT2D eigenvalue weighted by molar-refractivity contribution is 0.308. The fourth-order valence-corrected chi connectivity index (χ4v) is 4.07. The highest BCUT2D eigenvalue weighted by molar-refractivity contribution is 5.67. The summed E-state index contributed by atoms with van der Waals surface area (Å²) >= 11 is 0. The van der Waals surface area contributed by atoms with Gasteiger partial charge in [0.05, 0.1) is 0 Å². The molecule has 0 unspecified atom stereocenters. The van der Waals surface area contributed by atoms with Crippen LogP contribution in [0.4, 0.5) is 8.78 Å². The van der Waals surface area contributed by atoms with Crippen LogP contribution in [-0.4, -0.2) is 0 Å². The van der Waals surface area contributed by atoms with Crippen LogP contribution in [0.3, 0.4) is 0 Å². The van der Waals surface area contributed by atoms with Gasteiger partial charge in [-0.2, -0.15) is 0 Å². The van der Waals surface area contributed by atoms with E-state index in [4.69, 9.17) is 0 Å². The van der Waals surface area contributed by atoms with E-state index in [1.807, 2.05) is 12.1 Å². The molecule has 0 heterocycles. The second kappa shape index (κ2) is 7.95. The zero-order chi connectivity index (χ0) is 17.8. The average molecular weight is 340 g/mol. The van der Waals surface area contributed by atoms with Gasteiger partial charge in [-0.15, -0.1) is 0 Å². The zero-order valence-electron chi connectivity index (χ0n) is 14.9. The summed E-state index contributed by atoms with van der Waals surface area (Å²) in [4.78, 5) is 0. The molecule has 1 fully saturated rings. The molecule has 3 rings (SSSR count). The van der Waals surface area contributed by atoms with Crippen molar-refractivity contribution in [2.24, 2.45) is 5.92 Å². The largest absolute Gasteiger partial charge is 0.203 e. The van der Waals surface area contributed by atoms with Crippen LogP contribution in [0.2, 0.25) is 0 Å². The first-order valence-corrected chi connectivity index (χ1v) is 9.34. The lowest BCUT2D eigenvalue weighted by Gasteiger charge is -2.28. The van der Waals surface area contributed by atoms with E-state index in [1.165, 1.54) is 50.2 Å². The minimum atomic E-state index is -0.828. The molecule has 0 nitrogen and oxygen atoms in total. The van der Waals surface area contributed by atoms with Crippen molar-refractivity contribution in [3.63, 3.8) is 0 Å². The van der Waals surface area contributed by atoms with E-state index < -0.39 is 11.6 Å². The van der Waals surface area contributed by atoms with E-state index in [9.17, 15) is 8.78 Å². The lowest BCUT2D eigenvalue weighted by atomic mass is 9.77. The van der Waals surface area contributed by atoms with Crippen LogP contribution in [0, 0.1) is 17.6 Å². The minimum Gasteiger partial charge on any atom is -0.203 e. The van der Waals surface area contributed by atoms with E-state index >= 15 is 0 Å². The smallest absolute Gasteiger partial charge is 0.167 e. The lowest BCUT2D eigenvalue weighted by Crippen LogP contribution is -2.13. The molecule has 132 valence electrons. The van der Waals surface area contributed by atoms with Crippen molar-refractivity contribution in [1.29, 1.82) is 0 Å². The van der Waals surface area contributed by atoms with Crippen LogP contribution in [0.1, 0.15) is 62.5 Å². The van der Waals surface area contributed by atoms with E-state index in [0.29, 0.717) is 11.5 Å². The molecule has 1 saturated carbocycles. The Labute approximate surface area is 149 Å². The fraction of sp³-hybridized carbons (Fsp3) is 0.391. The molecular weight excluding hydrogens is 314 g/mol. The minimum absolute atomic E-state index is 0.196. The van der Waals surface area contributed by atoms with E-state index in [-0.39, 0.29) is 5.56 Å². The number of hydrogen-bond donors (Lipinski definition) is 0. The highest BCUT2D eigenvalue weighted by Gasteiger charge is 2.22. The Morgan fingerprint density at radius 1 is 0.960 bits per heavy atom. The highest BCUT2D eigenvalue weighted by Crippen LogP contribution is 2.38. The standard InChI is InChI=1S/C23H26F2/c1-3-5-16-6-8-18(9-7-16)19-10-12-20(13-11-19)21-15-14-17(4-2)22(24)23(21)25/h4,10-16,18H,2-3,5-9H2,1H3. The molecule has 0 aromatic heterocycles. The summed E-state index contributed by atoms with van der Waals surface area (Å²) in [5.74, 6) is -0.135. The van der Waals surface area contributed by atoms with Crippen molar-refractivity contribution < 1.29 is 8.78 Å². The topological polar surface area (TPSA) is 0 Å². The SMILES string of the molecule is C=Cc1ccc(-c2ccc(C3CCC(CCC)CC3)cc2)c(F)c1F. The molecule has 1 aliphatic rings. The Balaban J connectivity index is 1.75. The summed E-state index contributed by atoms with van der Waals surface area (Å²) in [6.07, 6.45) is 9.04. The Kier molecular flexibility index (Phi) is 5.67. The van der Waals surface area contributed by atoms with Gasteiger partial charge in [0.2, 0.25) is 0 Å². The quantitative estimate of drug-likeness (QED) is 0.534. The normalized spacial score (nSPS) is 20.4. The summed E-state index contributed by atoms with van der Waals surface area (Å²) in [5, 5.41) is 0. The van der Waals surface area contributed by atoms with E-state index in [2.05, 4.69) is 25.6 Å². The van der Waals surface area contributed by atoms with Gasteiger partial charge in [0.1, 0.15) is 0 Å². The third-order valence-electron chi connectivity index (χ3n) is 5.57. The molecule has 0 atom stereocenters. The van der Waals surface area contributed by atoms with Crippen LogP contribution in [-0.2, 0) is 0 Å². The van der Waals surface area contributed by atoms with Gasteiger partial charge in [0.25, 0.3) is 0 Å². The van der Waals surface area contributed by atoms with Crippen LogP contribution < -0.4 is 0 Å². The maximum atomic E-state index is 14.3. The van der Waals surface area contributed by atoms with Gasteiger partial charge in [0, 0.05) is 11.1 Å². The molecule has 0 N–H and O–H groups in total. The van der Waals surface area contributed by atoms with Gasteiger partial charge >= 0.3 is 0 Å². The molecule has 0 bridgehead atoms. The first-order valence-electron chi connectivity index (χ1n) is 9.34. The van der Waals surface area contributed by atoms with Crippen LogP contribution >= 0.6 is 0 Å². The molecule has 0 saturated heterocycles. The van der Waals surface area contributed by atoms with Crippen LogP contribution in [0.15, 0.2) is 43.0 Å². The van der Waals surface area contributed by atoms with Gasteiger partial charge in [-0.05, 0) is 48.6 Å². The number of rotatable bonds is 5. The Bertz CT molecular complexity index is 723. The molecule has 1 aliphatic carbocycles. The van der Waals surface area contributed by atoms with Gasteiger partial charge < -0.3 is 0 Å². The van der Waals surface area contributed by atoms with Gasteiger partial charge in [-0.1, -0.05) is 68.8 Å². The Morgan fingerprint density at radius 3 is 2.24 bits per heavy atom. The molecule has 0 spiro atoms. The summed E-state index contributed by atoms with van der Waals surface area (Å²) in [7, 11) is 0. The van der Waals surface area contributed by atoms with Gasteiger partial charge in [-0.25, -0.2) is 8.78 Å². The molecule has 2 aromatic carbocycles. The number of halogens is 2. The van der Waals surface area contributed by atoms with Crippen molar-refractivity contribution in [2.75, 3.05) is 0 Å². The molecular formula is C23H26F2. The number of benzene rings is 2. The highest BCUT2D eigenvalue weighted by atomic mass is 19.2. The summed E-state index contributed by atoms with van der Waals surface area (Å²) in [6, 6.07) is 11.2. The van der Waals surface area contributed by atoms with E-state index in [0.717, 1.165) is 11.5 Å². The second-order valence-corrected chi connectivity index (χ2v) is 7.16. The summed E-state index contributed by atoms with van der Waals surface area (Å²) in [5.41, 5.74) is 2.54.